The van der Waals surface area contributed by atoms with Gasteiger partial charge in [-0.05, 0) is 30.2 Å². The summed E-state index contributed by atoms with van der Waals surface area (Å²) in [5.41, 5.74) is 9.90. The van der Waals surface area contributed by atoms with Gasteiger partial charge in [0.15, 0.2) is 0 Å². The van der Waals surface area contributed by atoms with Crippen molar-refractivity contribution < 1.29 is 0 Å². The van der Waals surface area contributed by atoms with E-state index in [9.17, 15) is 5.26 Å². The number of hydrogen-bond acceptors (Lipinski definition) is 3. The zero-order valence-electron chi connectivity index (χ0n) is 12.5. The van der Waals surface area contributed by atoms with Crippen LogP contribution in [0.2, 0.25) is 0 Å². The van der Waals surface area contributed by atoms with Crippen molar-refractivity contribution in [3.63, 3.8) is 0 Å². The van der Waals surface area contributed by atoms with Crippen LogP contribution < -0.4 is 5.73 Å². The van der Waals surface area contributed by atoms with Gasteiger partial charge in [0.25, 0.3) is 0 Å². The Morgan fingerprint density at radius 3 is 2.68 bits per heavy atom. The predicted octanol–water partition coefficient (Wildman–Crippen LogP) is 3.37. The van der Waals surface area contributed by atoms with Gasteiger partial charge in [0, 0.05) is 0 Å². The Morgan fingerprint density at radius 2 is 1.91 bits per heavy atom. The second-order valence-corrected chi connectivity index (χ2v) is 5.33. The molecule has 1 heterocycles. The average Bonchev–Trinajstić information content (AvgIpc) is 2.93. The molecule has 2 N–H and O–H groups in total. The highest BCUT2D eigenvalue weighted by Gasteiger charge is 2.16. The molecule has 0 bridgehead atoms. The molecular formula is C18H18N4. The van der Waals surface area contributed by atoms with Crippen LogP contribution in [0.1, 0.15) is 36.3 Å². The maximum atomic E-state index is 9.29. The van der Waals surface area contributed by atoms with E-state index in [1.165, 1.54) is 0 Å². The van der Waals surface area contributed by atoms with Crippen molar-refractivity contribution in [3.05, 3.63) is 65.5 Å². The molecule has 0 spiro atoms. The molecule has 2 aromatic carbocycles. The third kappa shape index (κ3) is 2.47. The van der Waals surface area contributed by atoms with Crippen molar-refractivity contribution in [3.8, 4) is 6.07 Å². The first-order chi connectivity index (χ1) is 10.7. The van der Waals surface area contributed by atoms with Crippen molar-refractivity contribution in [2.75, 3.05) is 0 Å². The van der Waals surface area contributed by atoms with Gasteiger partial charge in [-0.2, -0.15) is 5.26 Å². The van der Waals surface area contributed by atoms with Gasteiger partial charge in [0.2, 0.25) is 0 Å². The Bertz CT molecular complexity index is 842. The molecular weight excluding hydrogens is 272 g/mol. The predicted molar refractivity (Wildman–Crippen MR) is 87.2 cm³/mol. The topological polar surface area (TPSA) is 67.6 Å². The number of imidazole rings is 1. The summed E-state index contributed by atoms with van der Waals surface area (Å²) >= 11 is 0. The van der Waals surface area contributed by atoms with Crippen molar-refractivity contribution in [2.45, 2.75) is 25.9 Å². The van der Waals surface area contributed by atoms with Crippen molar-refractivity contribution >= 4 is 11.0 Å². The molecule has 0 radical (unpaired) electrons. The van der Waals surface area contributed by atoms with E-state index in [1.807, 2.05) is 48.5 Å². The van der Waals surface area contributed by atoms with E-state index in [2.05, 4.69) is 17.6 Å². The summed E-state index contributed by atoms with van der Waals surface area (Å²) in [4.78, 5) is 4.69. The minimum absolute atomic E-state index is 0.110. The second kappa shape index (κ2) is 6.00. The van der Waals surface area contributed by atoms with E-state index < -0.39 is 0 Å². The van der Waals surface area contributed by atoms with Crippen molar-refractivity contribution in [1.29, 1.82) is 5.26 Å². The van der Waals surface area contributed by atoms with Gasteiger partial charge in [-0.25, -0.2) is 4.98 Å². The standard InChI is InChI=1S/C18H18N4/c1-2-15(20)18-21-16-9-5-6-10-17(16)22(18)12-14-8-4-3-7-13(14)11-19/h3-10,15H,2,12,20H2,1H3. The Labute approximate surface area is 129 Å². The molecule has 4 nitrogen and oxygen atoms in total. The van der Waals surface area contributed by atoms with Crippen molar-refractivity contribution in [1.82, 2.24) is 9.55 Å². The normalized spacial score (nSPS) is 12.2. The summed E-state index contributed by atoms with van der Waals surface area (Å²) in [6.45, 7) is 2.66. The first kappa shape index (κ1) is 14.3. The summed E-state index contributed by atoms with van der Waals surface area (Å²) in [7, 11) is 0. The molecule has 0 amide bonds. The van der Waals surface area contributed by atoms with Gasteiger partial charge in [-0.3, -0.25) is 0 Å². The molecule has 3 rings (SSSR count). The fraction of sp³-hybridized carbons (Fsp3) is 0.222. The minimum atomic E-state index is -0.110. The number of hydrogen-bond donors (Lipinski definition) is 1. The maximum Gasteiger partial charge on any atom is 0.127 e. The zero-order valence-corrected chi connectivity index (χ0v) is 12.5. The van der Waals surface area contributed by atoms with E-state index >= 15 is 0 Å². The lowest BCUT2D eigenvalue weighted by atomic mass is 10.1. The molecule has 4 heteroatoms. The van der Waals surface area contributed by atoms with Crippen LogP contribution in [0.4, 0.5) is 0 Å². The smallest absolute Gasteiger partial charge is 0.127 e. The van der Waals surface area contributed by atoms with Crippen LogP contribution >= 0.6 is 0 Å². The molecule has 0 fully saturated rings. The molecule has 1 aromatic heterocycles. The minimum Gasteiger partial charge on any atom is -0.322 e. The van der Waals surface area contributed by atoms with Gasteiger partial charge < -0.3 is 10.3 Å². The SMILES string of the molecule is CCC(N)c1nc2ccccc2n1Cc1ccccc1C#N. The summed E-state index contributed by atoms with van der Waals surface area (Å²) in [5.74, 6) is 0.872. The van der Waals surface area contributed by atoms with Crippen LogP contribution in [0, 0.1) is 11.3 Å². The highest BCUT2D eigenvalue weighted by molar-refractivity contribution is 5.76. The number of aromatic nitrogens is 2. The fourth-order valence-corrected chi connectivity index (χ4v) is 2.66. The van der Waals surface area contributed by atoms with Gasteiger partial charge in [0.05, 0.1) is 35.3 Å². The largest absolute Gasteiger partial charge is 0.322 e. The second-order valence-electron chi connectivity index (χ2n) is 5.33. The molecule has 1 unspecified atom stereocenters. The third-order valence-electron chi connectivity index (χ3n) is 3.92. The number of rotatable bonds is 4. The molecule has 0 aliphatic rings. The van der Waals surface area contributed by atoms with E-state index in [-0.39, 0.29) is 6.04 Å². The number of para-hydroxylation sites is 2. The molecule has 0 saturated heterocycles. The average molecular weight is 290 g/mol. The fourth-order valence-electron chi connectivity index (χ4n) is 2.66. The lowest BCUT2D eigenvalue weighted by Gasteiger charge is -2.14. The van der Waals surface area contributed by atoms with E-state index in [4.69, 9.17) is 10.7 Å². The van der Waals surface area contributed by atoms with Crippen LogP contribution in [0.3, 0.4) is 0 Å². The van der Waals surface area contributed by atoms with E-state index in [1.54, 1.807) is 0 Å². The molecule has 0 aliphatic heterocycles. The number of nitriles is 1. The molecule has 22 heavy (non-hydrogen) atoms. The lowest BCUT2D eigenvalue weighted by molar-refractivity contribution is 0.605. The van der Waals surface area contributed by atoms with Crippen LogP contribution in [0.25, 0.3) is 11.0 Å². The van der Waals surface area contributed by atoms with Crippen LogP contribution in [0.5, 0.6) is 0 Å². The highest BCUT2D eigenvalue weighted by atomic mass is 15.1. The van der Waals surface area contributed by atoms with Gasteiger partial charge >= 0.3 is 0 Å². The monoisotopic (exact) mass is 290 g/mol. The Hall–Kier alpha value is -2.64. The Kier molecular flexibility index (Phi) is 3.90. The first-order valence-electron chi connectivity index (χ1n) is 7.43. The molecule has 3 aromatic rings. The molecule has 1 atom stereocenters. The summed E-state index contributed by atoms with van der Waals surface area (Å²) < 4.78 is 2.12. The zero-order chi connectivity index (χ0) is 15.5. The number of benzene rings is 2. The van der Waals surface area contributed by atoms with Gasteiger partial charge in [-0.1, -0.05) is 37.3 Å². The molecule has 0 aliphatic carbocycles. The van der Waals surface area contributed by atoms with E-state index in [0.717, 1.165) is 28.8 Å². The Morgan fingerprint density at radius 1 is 1.18 bits per heavy atom. The van der Waals surface area contributed by atoms with Crippen LogP contribution in [-0.4, -0.2) is 9.55 Å². The van der Waals surface area contributed by atoms with Crippen LogP contribution in [-0.2, 0) is 6.54 Å². The maximum absolute atomic E-state index is 9.29. The summed E-state index contributed by atoms with van der Waals surface area (Å²) in [6, 6.07) is 17.8. The summed E-state index contributed by atoms with van der Waals surface area (Å²) in [5, 5.41) is 9.29. The number of nitrogens with zero attached hydrogens (tertiary/aromatic N) is 3. The quantitative estimate of drug-likeness (QED) is 0.801. The molecule has 110 valence electrons. The summed E-state index contributed by atoms with van der Waals surface area (Å²) in [6.07, 6.45) is 0.823. The van der Waals surface area contributed by atoms with Gasteiger partial charge in [-0.15, -0.1) is 0 Å². The lowest BCUT2D eigenvalue weighted by Crippen LogP contribution is -2.16. The number of fused-ring (bicyclic) bond motifs is 1. The first-order valence-corrected chi connectivity index (χ1v) is 7.43. The number of nitrogens with two attached hydrogens (primary N) is 1. The van der Waals surface area contributed by atoms with Gasteiger partial charge in [0.1, 0.15) is 5.82 Å². The molecule has 0 saturated carbocycles. The highest BCUT2D eigenvalue weighted by Crippen LogP contribution is 2.23. The van der Waals surface area contributed by atoms with Crippen molar-refractivity contribution in [2.24, 2.45) is 5.73 Å². The Balaban J connectivity index is 2.15. The third-order valence-corrected chi connectivity index (χ3v) is 3.92. The van der Waals surface area contributed by atoms with E-state index in [0.29, 0.717) is 12.1 Å². The van der Waals surface area contributed by atoms with Crippen LogP contribution in [0.15, 0.2) is 48.5 Å².